The quantitative estimate of drug-likeness (QED) is 0.0995. The van der Waals surface area contributed by atoms with Crippen molar-refractivity contribution in [2.24, 2.45) is 0 Å². The summed E-state index contributed by atoms with van der Waals surface area (Å²) in [5.41, 5.74) is 3.34. The Bertz CT molecular complexity index is 2500. The van der Waals surface area contributed by atoms with Crippen molar-refractivity contribution >= 4 is 76.3 Å². The lowest BCUT2D eigenvalue weighted by atomic mass is 10.1. The molecule has 13 heteroatoms. The van der Waals surface area contributed by atoms with Crippen LogP contribution in [0.4, 0.5) is 0 Å². The van der Waals surface area contributed by atoms with Gasteiger partial charge in [0.1, 0.15) is 23.0 Å². The van der Waals surface area contributed by atoms with Crippen LogP contribution < -0.4 is 14.9 Å². The highest BCUT2D eigenvalue weighted by Crippen LogP contribution is 2.50. The Morgan fingerprint density at radius 2 is 1.71 bits per heavy atom. The van der Waals surface area contributed by atoms with E-state index in [2.05, 4.69) is 15.4 Å². The van der Waals surface area contributed by atoms with Crippen LogP contribution in [0.15, 0.2) is 124 Å². The van der Waals surface area contributed by atoms with Gasteiger partial charge in [0.2, 0.25) is 0 Å². The number of nitrogens with one attached hydrogen (secondary N) is 2. The molecule has 0 fully saturated rings. The van der Waals surface area contributed by atoms with Crippen molar-refractivity contribution in [3.63, 3.8) is 0 Å². The SMILES string of the molecule is CNC(=O)c1ccccc1Sc1ccc2c(/C=C/c3ccccn3)nn(P(=O)(N[C@@H](C)C(=O)OC)Oc3cccc4oc5ccccc5c34)c2c1. The van der Waals surface area contributed by atoms with E-state index in [0.717, 1.165) is 15.2 Å². The van der Waals surface area contributed by atoms with Gasteiger partial charge in [-0.15, -0.1) is 0 Å². The molecule has 1 amide bonds. The Labute approximate surface area is 297 Å². The van der Waals surface area contributed by atoms with Crippen LogP contribution in [0.2, 0.25) is 0 Å². The maximum Gasteiger partial charge on any atom is 0.440 e. The molecule has 0 aliphatic carbocycles. The van der Waals surface area contributed by atoms with E-state index in [0.29, 0.717) is 44.4 Å². The molecule has 7 aromatic rings. The molecule has 3 aromatic heterocycles. The Morgan fingerprint density at radius 3 is 2.51 bits per heavy atom. The Kier molecular flexibility index (Phi) is 9.46. The molecule has 0 spiro atoms. The van der Waals surface area contributed by atoms with Crippen LogP contribution in [0.5, 0.6) is 5.75 Å². The second-order valence-corrected chi connectivity index (χ2v) is 14.4. The van der Waals surface area contributed by atoms with E-state index >= 15 is 4.57 Å². The van der Waals surface area contributed by atoms with Gasteiger partial charge in [0, 0.05) is 33.8 Å². The standard InChI is InChI=1S/C38H32N5O6PS/c1-24(38(45)47-3)42-50(46,49-34-16-10-15-33-36(34)28-12-4-6-14-32(28)48-33)43-31-23-26(51-35-17-7-5-13-29(35)37(44)39-2)19-20-27(31)30(41-43)21-18-25-11-8-9-22-40-25/h4-24H,1-3H3,(H,39,44)(H,42,46)/b21-18+/t24-,50?/m0/s1. The molecule has 1 unspecified atom stereocenters. The number of pyridine rings is 1. The number of benzene rings is 4. The second-order valence-electron chi connectivity index (χ2n) is 11.4. The highest BCUT2D eigenvalue weighted by atomic mass is 32.2. The molecule has 3 heterocycles. The molecule has 4 aromatic carbocycles. The third-order valence-electron chi connectivity index (χ3n) is 8.10. The monoisotopic (exact) mass is 717 g/mol. The van der Waals surface area contributed by atoms with Crippen molar-refractivity contribution in [3.05, 3.63) is 126 Å². The van der Waals surface area contributed by atoms with Gasteiger partial charge in [0.15, 0.2) is 0 Å². The molecule has 0 bridgehead atoms. The normalized spacial score (nSPS) is 13.4. The van der Waals surface area contributed by atoms with Gasteiger partial charge in [-0.1, -0.05) is 54.2 Å². The van der Waals surface area contributed by atoms with Crippen LogP contribution in [0.25, 0.3) is 45.0 Å². The van der Waals surface area contributed by atoms with Crippen LogP contribution >= 0.6 is 19.4 Å². The molecular formula is C38H32N5O6PS. The maximum atomic E-state index is 15.5. The fraction of sp³-hybridized carbons (Fsp3) is 0.105. The number of aromatic nitrogens is 3. The minimum absolute atomic E-state index is 0.217. The van der Waals surface area contributed by atoms with Gasteiger partial charge in [0.05, 0.1) is 35.0 Å². The fourth-order valence-corrected chi connectivity index (χ4v) is 8.57. The lowest BCUT2D eigenvalue weighted by molar-refractivity contribution is -0.142. The first kappa shape index (κ1) is 33.8. The number of para-hydroxylation sites is 1. The number of methoxy groups -OCH3 is 1. The van der Waals surface area contributed by atoms with Gasteiger partial charge in [-0.05, 0) is 79.7 Å². The molecule has 0 aliphatic heterocycles. The van der Waals surface area contributed by atoms with E-state index in [4.69, 9.17) is 18.8 Å². The first-order valence-corrected chi connectivity index (χ1v) is 18.3. The maximum absolute atomic E-state index is 15.5. The van der Waals surface area contributed by atoms with Gasteiger partial charge in [-0.3, -0.25) is 14.6 Å². The van der Waals surface area contributed by atoms with Crippen LogP contribution in [0.3, 0.4) is 0 Å². The largest absolute Gasteiger partial charge is 0.468 e. The van der Waals surface area contributed by atoms with Gasteiger partial charge in [-0.2, -0.15) is 9.55 Å². The molecule has 0 aliphatic rings. The van der Waals surface area contributed by atoms with Crippen molar-refractivity contribution in [2.45, 2.75) is 22.8 Å². The summed E-state index contributed by atoms with van der Waals surface area (Å²) in [6, 6.07) is 30.2. The third kappa shape index (κ3) is 6.77. The zero-order valence-electron chi connectivity index (χ0n) is 27.8. The summed E-state index contributed by atoms with van der Waals surface area (Å²) < 4.78 is 34.4. The Balaban J connectivity index is 1.42. The van der Waals surface area contributed by atoms with E-state index in [1.807, 2.05) is 84.9 Å². The molecule has 51 heavy (non-hydrogen) atoms. The topological polar surface area (TPSA) is 138 Å². The van der Waals surface area contributed by atoms with Crippen LogP contribution in [-0.2, 0) is 14.1 Å². The summed E-state index contributed by atoms with van der Waals surface area (Å²) in [6.45, 7) is 1.54. The third-order valence-corrected chi connectivity index (χ3v) is 11.1. The number of fused-ring (bicyclic) bond motifs is 4. The van der Waals surface area contributed by atoms with E-state index < -0.39 is 19.7 Å². The molecule has 7 rings (SSSR count). The summed E-state index contributed by atoms with van der Waals surface area (Å²) in [6.07, 6.45) is 5.28. The predicted molar refractivity (Wildman–Crippen MR) is 199 cm³/mol. The lowest BCUT2D eigenvalue weighted by Gasteiger charge is -2.24. The number of hydrogen-bond acceptors (Lipinski definition) is 9. The van der Waals surface area contributed by atoms with Gasteiger partial charge in [0.25, 0.3) is 5.91 Å². The molecule has 0 saturated heterocycles. The number of amides is 1. The summed E-state index contributed by atoms with van der Waals surface area (Å²) in [4.78, 5) is 31.3. The molecule has 256 valence electrons. The van der Waals surface area contributed by atoms with Crippen molar-refractivity contribution in [2.75, 3.05) is 14.2 Å². The van der Waals surface area contributed by atoms with E-state index in [1.54, 1.807) is 50.5 Å². The van der Waals surface area contributed by atoms with Crippen molar-refractivity contribution in [1.29, 1.82) is 0 Å². The number of carbonyl (C=O) groups excluding carboxylic acids is 2. The number of nitrogens with zero attached hydrogens (tertiary/aromatic N) is 3. The van der Waals surface area contributed by atoms with E-state index in [-0.39, 0.29) is 11.7 Å². The van der Waals surface area contributed by atoms with Gasteiger partial charge in [-0.25, -0.2) is 9.65 Å². The first-order chi connectivity index (χ1) is 24.8. The highest BCUT2D eigenvalue weighted by molar-refractivity contribution is 7.99. The summed E-state index contributed by atoms with van der Waals surface area (Å²) >= 11 is 1.38. The zero-order valence-corrected chi connectivity index (χ0v) is 29.5. The van der Waals surface area contributed by atoms with Crippen molar-refractivity contribution < 1.29 is 27.8 Å². The highest BCUT2D eigenvalue weighted by Gasteiger charge is 2.36. The summed E-state index contributed by atoms with van der Waals surface area (Å²) in [5, 5.41) is 12.5. The number of ether oxygens (including phenoxy) is 1. The number of carbonyl (C=O) groups is 2. The van der Waals surface area contributed by atoms with Crippen LogP contribution in [0.1, 0.15) is 28.7 Å². The van der Waals surface area contributed by atoms with Crippen molar-refractivity contribution in [1.82, 2.24) is 24.9 Å². The molecule has 0 radical (unpaired) electrons. The number of furan rings is 1. The lowest BCUT2D eigenvalue weighted by Crippen LogP contribution is -2.36. The smallest absolute Gasteiger partial charge is 0.440 e. The van der Waals surface area contributed by atoms with Crippen molar-refractivity contribution in [3.8, 4) is 5.75 Å². The minimum atomic E-state index is -4.34. The van der Waals surface area contributed by atoms with E-state index in [9.17, 15) is 9.59 Å². The minimum Gasteiger partial charge on any atom is -0.468 e. The summed E-state index contributed by atoms with van der Waals surface area (Å²) in [5.74, 6) is -0.588. The molecule has 0 saturated carbocycles. The molecule has 11 nitrogen and oxygen atoms in total. The Hall–Kier alpha value is -5.68. The van der Waals surface area contributed by atoms with Gasteiger partial charge >= 0.3 is 13.6 Å². The van der Waals surface area contributed by atoms with E-state index in [1.165, 1.54) is 23.3 Å². The second kappa shape index (κ2) is 14.3. The fourth-order valence-electron chi connectivity index (χ4n) is 5.68. The van der Waals surface area contributed by atoms with Crippen LogP contribution in [-0.4, -0.2) is 46.6 Å². The van der Waals surface area contributed by atoms with Crippen LogP contribution in [0, 0.1) is 0 Å². The Morgan fingerprint density at radius 1 is 0.922 bits per heavy atom. The number of rotatable bonds is 11. The molecular weight excluding hydrogens is 685 g/mol. The molecule has 2 N–H and O–H groups in total. The summed E-state index contributed by atoms with van der Waals surface area (Å²) in [7, 11) is -1.49. The first-order valence-electron chi connectivity index (χ1n) is 15.9. The zero-order chi connectivity index (χ0) is 35.5. The average molecular weight is 718 g/mol. The average Bonchev–Trinajstić information content (AvgIpc) is 3.73. The number of esters is 1. The molecule has 2 atom stereocenters. The predicted octanol–water partition coefficient (Wildman–Crippen LogP) is 8.20. The number of hydrogen-bond donors (Lipinski definition) is 2. The van der Waals surface area contributed by atoms with Gasteiger partial charge < -0.3 is 19.0 Å².